The molecule has 3 heteroatoms. The molecule has 0 spiro atoms. The van der Waals surface area contributed by atoms with Gasteiger partial charge in [0.05, 0.1) is 12.1 Å². The van der Waals surface area contributed by atoms with E-state index in [1.165, 1.54) is 0 Å². The molecule has 0 aromatic heterocycles. The Balaban J connectivity index is 2.67. The highest BCUT2D eigenvalue weighted by Gasteiger charge is 2.14. The lowest BCUT2D eigenvalue weighted by Crippen LogP contribution is -2.30. The molecule has 1 rings (SSSR count). The van der Waals surface area contributed by atoms with Crippen LogP contribution in [0, 0.1) is 0 Å². The van der Waals surface area contributed by atoms with E-state index in [0.717, 1.165) is 5.56 Å². The third-order valence-electron chi connectivity index (χ3n) is 1.95. The molecule has 3 nitrogen and oxygen atoms in total. The van der Waals surface area contributed by atoms with Crippen molar-refractivity contribution in [1.82, 2.24) is 5.32 Å². The molecule has 70 valence electrons. The minimum absolute atomic E-state index is 0.264. The number of rotatable bonds is 4. The molecule has 1 amide bonds. The third-order valence-corrected chi connectivity index (χ3v) is 1.95. The first kappa shape index (κ1) is 9.74. The second-order valence-electron chi connectivity index (χ2n) is 2.93. The van der Waals surface area contributed by atoms with Crippen molar-refractivity contribution in [1.29, 1.82) is 0 Å². The van der Waals surface area contributed by atoms with Crippen LogP contribution >= 0.6 is 0 Å². The highest BCUT2D eigenvalue weighted by molar-refractivity contribution is 5.46. The Bertz CT molecular complexity index is 261. The summed E-state index contributed by atoms with van der Waals surface area (Å²) < 4.78 is 0. The van der Waals surface area contributed by atoms with Crippen LogP contribution in [-0.4, -0.2) is 17.6 Å². The predicted octanol–water partition coefficient (Wildman–Crippen LogP) is 0.854. The van der Waals surface area contributed by atoms with Crippen LogP contribution in [-0.2, 0) is 4.79 Å². The van der Waals surface area contributed by atoms with Crippen molar-refractivity contribution in [2.45, 2.75) is 19.1 Å². The second kappa shape index (κ2) is 4.62. The minimum atomic E-state index is -0.647. The van der Waals surface area contributed by atoms with Gasteiger partial charge in [-0.05, 0) is 12.5 Å². The van der Waals surface area contributed by atoms with Gasteiger partial charge in [-0.3, -0.25) is 4.79 Å². The summed E-state index contributed by atoms with van der Waals surface area (Å²) >= 11 is 0. The first-order valence-corrected chi connectivity index (χ1v) is 4.18. The molecular formula is C10H13NO2. The van der Waals surface area contributed by atoms with E-state index >= 15 is 0 Å². The van der Waals surface area contributed by atoms with Crippen molar-refractivity contribution in [2.75, 3.05) is 0 Å². The standard InChI is InChI=1S/C10H13NO2/c1-8(11-7-12)10(13)9-5-3-2-4-6-9/h2-8,10,13H,1H3,(H,11,12)/t8-,10+/m1/s1. The minimum Gasteiger partial charge on any atom is -0.386 e. The molecule has 0 aliphatic heterocycles. The molecule has 0 saturated heterocycles. The first-order valence-electron chi connectivity index (χ1n) is 4.18. The van der Waals surface area contributed by atoms with E-state index in [1.54, 1.807) is 6.92 Å². The number of amides is 1. The lowest BCUT2D eigenvalue weighted by Gasteiger charge is -2.17. The summed E-state index contributed by atoms with van der Waals surface area (Å²) in [6.45, 7) is 1.76. The fourth-order valence-electron chi connectivity index (χ4n) is 1.14. The molecule has 0 bridgehead atoms. The normalized spacial score (nSPS) is 14.6. The molecule has 1 aromatic rings. The first-order chi connectivity index (χ1) is 6.25. The molecule has 0 aliphatic carbocycles. The van der Waals surface area contributed by atoms with E-state index in [9.17, 15) is 9.90 Å². The summed E-state index contributed by atoms with van der Waals surface area (Å²) in [7, 11) is 0. The molecule has 2 N–H and O–H groups in total. The Labute approximate surface area is 77.4 Å². The van der Waals surface area contributed by atoms with Crippen LogP contribution in [0.2, 0.25) is 0 Å². The maximum atomic E-state index is 10.1. The van der Waals surface area contributed by atoms with Crippen molar-refractivity contribution in [3.05, 3.63) is 35.9 Å². The maximum Gasteiger partial charge on any atom is 0.207 e. The van der Waals surface area contributed by atoms with Gasteiger partial charge in [-0.25, -0.2) is 0 Å². The van der Waals surface area contributed by atoms with Crippen LogP contribution in [0.1, 0.15) is 18.6 Å². The predicted molar refractivity (Wildman–Crippen MR) is 50.1 cm³/mol. The number of aliphatic hydroxyl groups excluding tert-OH is 1. The number of nitrogens with one attached hydrogen (secondary N) is 1. The Morgan fingerprint density at radius 1 is 1.38 bits per heavy atom. The summed E-state index contributed by atoms with van der Waals surface area (Å²) in [6.07, 6.45) is -0.0528. The molecule has 0 unspecified atom stereocenters. The van der Waals surface area contributed by atoms with Crippen LogP contribution in [0.25, 0.3) is 0 Å². The largest absolute Gasteiger partial charge is 0.386 e. The van der Waals surface area contributed by atoms with Crippen LogP contribution < -0.4 is 5.32 Å². The molecule has 0 fully saturated rings. The molecule has 1 aromatic carbocycles. The van der Waals surface area contributed by atoms with Crippen LogP contribution in [0.4, 0.5) is 0 Å². The SMILES string of the molecule is C[C@@H](NC=O)[C@H](O)c1ccccc1. The van der Waals surface area contributed by atoms with Gasteiger partial charge in [0, 0.05) is 0 Å². The quantitative estimate of drug-likeness (QED) is 0.673. The van der Waals surface area contributed by atoms with E-state index in [2.05, 4.69) is 5.32 Å². The monoisotopic (exact) mass is 179 g/mol. The van der Waals surface area contributed by atoms with Crippen molar-refractivity contribution in [3.63, 3.8) is 0 Å². The van der Waals surface area contributed by atoms with Gasteiger partial charge < -0.3 is 10.4 Å². The van der Waals surface area contributed by atoms with Gasteiger partial charge in [0.2, 0.25) is 6.41 Å². The third kappa shape index (κ3) is 2.56. The highest BCUT2D eigenvalue weighted by Crippen LogP contribution is 2.15. The van der Waals surface area contributed by atoms with E-state index < -0.39 is 6.10 Å². The summed E-state index contributed by atoms with van der Waals surface area (Å²) in [5, 5.41) is 12.2. The maximum absolute atomic E-state index is 10.1. The topological polar surface area (TPSA) is 49.3 Å². The van der Waals surface area contributed by atoms with Gasteiger partial charge >= 0.3 is 0 Å². The van der Waals surface area contributed by atoms with Gasteiger partial charge in [0.25, 0.3) is 0 Å². The molecule has 0 heterocycles. The molecule has 13 heavy (non-hydrogen) atoms. The molecule has 0 aliphatic rings. The van der Waals surface area contributed by atoms with E-state index in [1.807, 2.05) is 30.3 Å². The zero-order valence-corrected chi connectivity index (χ0v) is 7.47. The van der Waals surface area contributed by atoms with Crippen molar-refractivity contribution in [2.24, 2.45) is 0 Å². The summed E-state index contributed by atoms with van der Waals surface area (Å²) in [5.41, 5.74) is 0.810. The smallest absolute Gasteiger partial charge is 0.207 e. The number of carbonyl (C=O) groups is 1. The van der Waals surface area contributed by atoms with Gasteiger partial charge in [-0.1, -0.05) is 30.3 Å². The van der Waals surface area contributed by atoms with E-state index in [-0.39, 0.29) is 6.04 Å². The van der Waals surface area contributed by atoms with E-state index in [0.29, 0.717) is 6.41 Å². The average Bonchev–Trinajstić information content (AvgIpc) is 2.18. The summed E-state index contributed by atoms with van der Waals surface area (Å²) in [5.74, 6) is 0. The number of hydrogen-bond donors (Lipinski definition) is 2. The summed E-state index contributed by atoms with van der Waals surface area (Å²) in [4.78, 5) is 10.1. The Hall–Kier alpha value is -1.35. The lowest BCUT2D eigenvalue weighted by molar-refractivity contribution is -0.110. The van der Waals surface area contributed by atoms with Crippen molar-refractivity contribution < 1.29 is 9.90 Å². The number of benzene rings is 1. The average molecular weight is 179 g/mol. The number of hydrogen-bond acceptors (Lipinski definition) is 2. The van der Waals surface area contributed by atoms with Crippen LogP contribution in [0.3, 0.4) is 0 Å². The number of aliphatic hydroxyl groups is 1. The Kier molecular flexibility index (Phi) is 3.46. The lowest BCUT2D eigenvalue weighted by atomic mass is 10.0. The zero-order chi connectivity index (χ0) is 9.68. The fourth-order valence-corrected chi connectivity index (χ4v) is 1.14. The van der Waals surface area contributed by atoms with Gasteiger partial charge in [0.1, 0.15) is 0 Å². The molecule has 0 radical (unpaired) electrons. The summed E-state index contributed by atoms with van der Waals surface area (Å²) in [6, 6.07) is 8.98. The van der Waals surface area contributed by atoms with E-state index in [4.69, 9.17) is 0 Å². The van der Waals surface area contributed by atoms with Gasteiger partial charge in [-0.2, -0.15) is 0 Å². The van der Waals surface area contributed by atoms with Gasteiger partial charge in [-0.15, -0.1) is 0 Å². The van der Waals surface area contributed by atoms with Crippen LogP contribution in [0.15, 0.2) is 30.3 Å². The van der Waals surface area contributed by atoms with Crippen molar-refractivity contribution in [3.8, 4) is 0 Å². The molecular weight excluding hydrogens is 166 g/mol. The highest BCUT2D eigenvalue weighted by atomic mass is 16.3. The van der Waals surface area contributed by atoms with Crippen molar-refractivity contribution >= 4 is 6.41 Å². The molecule has 2 atom stereocenters. The van der Waals surface area contributed by atoms with Gasteiger partial charge in [0.15, 0.2) is 0 Å². The Morgan fingerprint density at radius 2 is 2.00 bits per heavy atom. The second-order valence-corrected chi connectivity index (χ2v) is 2.93. The fraction of sp³-hybridized carbons (Fsp3) is 0.300. The van der Waals surface area contributed by atoms with Crippen LogP contribution in [0.5, 0.6) is 0 Å². The zero-order valence-electron chi connectivity index (χ0n) is 7.47. The Morgan fingerprint density at radius 3 is 2.54 bits per heavy atom. The number of carbonyl (C=O) groups excluding carboxylic acids is 1. The molecule has 0 saturated carbocycles.